The average molecular weight is 258 g/mol. The summed E-state index contributed by atoms with van der Waals surface area (Å²) in [6.45, 7) is 7.32. The van der Waals surface area contributed by atoms with Gasteiger partial charge in [0, 0.05) is 5.56 Å². The molecule has 2 aromatic carbocycles. The lowest BCUT2D eigenvalue weighted by Gasteiger charge is -2.13. The Labute approximate surface area is 113 Å². The summed E-state index contributed by atoms with van der Waals surface area (Å²) in [4.78, 5) is 0. The molecule has 0 heterocycles. The smallest absolute Gasteiger partial charge is 0.134 e. The van der Waals surface area contributed by atoms with Crippen LogP contribution in [0.2, 0.25) is 0 Å². The van der Waals surface area contributed by atoms with Crippen LogP contribution < -0.4 is 4.74 Å². The van der Waals surface area contributed by atoms with Crippen molar-refractivity contribution in [2.45, 2.75) is 27.7 Å². The summed E-state index contributed by atoms with van der Waals surface area (Å²) in [6, 6.07) is 7.21. The van der Waals surface area contributed by atoms with Crippen molar-refractivity contribution in [2.24, 2.45) is 0 Å². The zero-order valence-electron chi connectivity index (χ0n) is 11.6. The number of aromatic hydroxyl groups is 2. The maximum absolute atomic E-state index is 9.90. The molecule has 0 atom stereocenters. The molecule has 0 fully saturated rings. The monoisotopic (exact) mass is 258 g/mol. The highest BCUT2D eigenvalue weighted by Crippen LogP contribution is 2.35. The zero-order valence-corrected chi connectivity index (χ0v) is 11.6. The highest BCUT2D eigenvalue weighted by molar-refractivity contribution is 5.51. The summed E-state index contributed by atoms with van der Waals surface area (Å²) in [5.74, 6) is 1.81. The van der Waals surface area contributed by atoms with Crippen LogP contribution in [0.15, 0.2) is 24.3 Å². The van der Waals surface area contributed by atoms with E-state index in [1.54, 1.807) is 12.1 Å². The van der Waals surface area contributed by atoms with E-state index in [2.05, 4.69) is 0 Å². The van der Waals surface area contributed by atoms with Gasteiger partial charge in [-0.25, -0.2) is 0 Å². The Kier molecular flexibility index (Phi) is 3.38. The van der Waals surface area contributed by atoms with Gasteiger partial charge in [-0.1, -0.05) is 6.07 Å². The molecule has 0 bridgehead atoms. The standard InChI is InChI=1S/C16H18O3/c1-9-5-6-14(12(4)16(9)18)19-13-7-10(2)15(17)11(3)8-13/h5-8,17-18H,1-4H3. The van der Waals surface area contributed by atoms with Gasteiger partial charge in [0.1, 0.15) is 23.0 Å². The molecule has 0 spiro atoms. The third-order valence-corrected chi connectivity index (χ3v) is 3.28. The van der Waals surface area contributed by atoms with Gasteiger partial charge in [0.2, 0.25) is 0 Å². The Hall–Kier alpha value is -2.16. The number of rotatable bonds is 2. The molecule has 2 rings (SSSR count). The lowest BCUT2D eigenvalue weighted by atomic mass is 10.1. The second-order valence-corrected chi connectivity index (χ2v) is 4.86. The first-order chi connectivity index (χ1) is 8.90. The summed E-state index contributed by atoms with van der Waals surface area (Å²) < 4.78 is 5.79. The van der Waals surface area contributed by atoms with Crippen LogP contribution in [-0.4, -0.2) is 10.2 Å². The van der Waals surface area contributed by atoms with Crippen molar-refractivity contribution in [3.8, 4) is 23.0 Å². The fourth-order valence-corrected chi connectivity index (χ4v) is 2.03. The van der Waals surface area contributed by atoms with E-state index in [1.807, 2.05) is 39.8 Å². The highest BCUT2D eigenvalue weighted by Gasteiger charge is 2.10. The van der Waals surface area contributed by atoms with Crippen LogP contribution in [0.4, 0.5) is 0 Å². The summed E-state index contributed by atoms with van der Waals surface area (Å²) in [5, 5.41) is 19.6. The summed E-state index contributed by atoms with van der Waals surface area (Å²) in [5.41, 5.74) is 3.07. The number of phenolic OH excluding ortho intramolecular Hbond substituents is 2. The molecular formula is C16H18O3. The fourth-order valence-electron chi connectivity index (χ4n) is 2.03. The predicted molar refractivity (Wildman–Crippen MR) is 75.2 cm³/mol. The van der Waals surface area contributed by atoms with Crippen LogP contribution in [0, 0.1) is 27.7 Å². The van der Waals surface area contributed by atoms with E-state index >= 15 is 0 Å². The largest absolute Gasteiger partial charge is 0.507 e. The van der Waals surface area contributed by atoms with Crippen LogP contribution in [0.3, 0.4) is 0 Å². The molecule has 3 heteroatoms. The highest BCUT2D eigenvalue weighted by atomic mass is 16.5. The molecule has 0 aliphatic rings. The number of hydrogen-bond acceptors (Lipinski definition) is 3. The molecule has 0 amide bonds. The Bertz CT molecular complexity index is 607. The summed E-state index contributed by atoms with van der Waals surface area (Å²) in [7, 11) is 0. The molecule has 0 saturated carbocycles. The molecule has 0 unspecified atom stereocenters. The summed E-state index contributed by atoms with van der Waals surface area (Å²) >= 11 is 0. The third kappa shape index (κ3) is 2.50. The quantitative estimate of drug-likeness (QED) is 0.851. The lowest BCUT2D eigenvalue weighted by molar-refractivity contribution is 0.441. The summed E-state index contributed by atoms with van der Waals surface area (Å²) in [6.07, 6.45) is 0. The van der Waals surface area contributed by atoms with Crippen molar-refractivity contribution in [3.05, 3.63) is 46.5 Å². The maximum Gasteiger partial charge on any atom is 0.134 e. The molecular weight excluding hydrogens is 240 g/mol. The Morgan fingerprint density at radius 1 is 0.789 bits per heavy atom. The minimum Gasteiger partial charge on any atom is -0.507 e. The third-order valence-electron chi connectivity index (χ3n) is 3.28. The first kappa shape index (κ1) is 13.3. The minimum absolute atomic E-state index is 0.254. The van der Waals surface area contributed by atoms with Crippen molar-refractivity contribution in [1.82, 2.24) is 0 Å². The predicted octanol–water partition coefficient (Wildman–Crippen LogP) is 4.12. The van der Waals surface area contributed by atoms with Gasteiger partial charge in [0.25, 0.3) is 0 Å². The Morgan fingerprint density at radius 2 is 1.37 bits per heavy atom. The second kappa shape index (κ2) is 4.84. The van der Waals surface area contributed by atoms with E-state index < -0.39 is 0 Å². The van der Waals surface area contributed by atoms with Gasteiger partial charge in [0.05, 0.1) is 0 Å². The molecule has 2 aromatic rings. The number of phenols is 2. The lowest BCUT2D eigenvalue weighted by Crippen LogP contribution is -1.91. The number of ether oxygens (including phenoxy) is 1. The SMILES string of the molecule is Cc1cc(Oc2ccc(C)c(O)c2C)cc(C)c1O. The van der Waals surface area contributed by atoms with Crippen LogP contribution in [0.5, 0.6) is 23.0 Å². The topological polar surface area (TPSA) is 49.7 Å². The molecule has 0 saturated heterocycles. The molecule has 100 valence electrons. The molecule has 19 heavy (non-hydrogen) atoms. The van der Waals surface area contributed by atoms with E-state index in [9.17, 15) is 10.2 Å². The van der Waals surface area contributed by atoms with Crippen LogP contribution in [0.25, 0.3) is 0 Å². The van der Waals surface area contributed by atoms with Crippen LogP contribution >= 0.6 is 0 Å². The van der Waals surface area contributed by atoms with Crippen molar-refractivity contribution < 1.29 is 14.9 Å². The zero-order chi connectivity index (χ0) is 14.2. The first-order valence-corrected chi connectivity index (χ1v) is 6.17. The van der Waals surface area contributed by atoms with Gasteiger partial charge < -0.3 is 14.9 Å². The Balaban J connectivity index is 2.39. The normalized spacial score (nSPS) is 10.5. The molecule has 0 aromatic heterocycles. The van der Waals surface area contributed by atoms with E-state index in [4.69, 9.17) is 4.74 Å². The number of benzene rings is 2. The van der Waals surface area contributed by atoms with Crippen LogP contribution in [-0.2, 0) is 0 Å². The van der Waals surface area contributed by atoms with Crippen molar-refractivity contribution >= 4 is 0 Å². The van der Waals surface area contributed by atoms with Gasteiger partial charge in [-0.15, -0.1) is 0 Å². The van der Waals surface area contributed by atoms with Gasteiger partial charge >= 0.3 is 0 Å². The second-order valence-electron chi connectivity index (χ2n) is 4.86. The molecule has 3 nitrogen and oxygen atoms in total. The number of aryl methyl sites for hydroxylation is 3. The van der Waals surface area contributed by atoms with E-state index in [-0.39, 0.29) is 11.5 Å². The average Bonchev–Trinajstić information content (AvgIpc) is 2.36. The van der Waals surface area contributed by atoms with E-state index in [1.165, 1.54) is 0 Å². The van der Waals surface area contributed by atoms with E-state index in [0.717, 1.165) is 16.7 Å². The molecule has 0 radical (unpaired) electrons. The van der Waals surface area contributed by atoms with Gasteiger partial charge in [-0.3, -0.25) is 0 Å². The van der Waals surface area contributed by atoms with Crippen LogP contribution in [0.1, 0.15) is 22.3 Å². The molecule has 0 aliphatic carbocycles. The Morgan fingerprint density at radius 3 is 1.95 bits per heavy atom. The van der Waals surface area contributed by atoms with Crippen molar-refractivity contribution in [3.63, 3.8) is 0 Å². The molecule has 0 aliphatic heterocycles. The maximum atomic E-state index is 9.90. The molecule has 2 N–H and O–H groups in total. The van der Waals surface area contributed by atoms with Gasteiger partial charge in [-0.2, -0.15) is 0 Å². The van der Waals surface area contributed by atoms with Crippen molar-refractivity contribution in [2.75, 3.05) is 0 Å². The minimum atomic E-state index is 0.254. The van der Waals surface area contributed by atoms with E-state index in [0.29, 0.717) is 17.1 Å². The fraction of sp³-hybridized carbons (Fsp3) is 0.250. The first-order valence-electron chi connectivity index (χ1n) is 6.17. The van der Waals surface area contributed by atoms with Gasteiger partial charge in [-0.05, 0) is 62.6 Å². The number of hydrogen-bond donors (Lipinski definition) is 2. The van der Waals surface area contributed by atoms with Crippen molar-refractivity contribution in [1.29, 1.82) is 0 Å². The van der Waals surface area contributed by atoms with Gasteiger partial charge in [0.15, 0.2) is 0 Å².